The maximum absolute atomic E-state index is 15.1. The average molecular weight is 655 g/mol. The van der Waals surface area contributed by atoms with Gasteiger partial charge in [-0.05, 0) is 87.1 Å². The van der Waals surface area contributed by atoms with Crippen LogP contribution in [0.1, 0.15) is 52.0 Å². The zero-order valence-electron chi connectivity index (χ0n) is 23.8. The van der Waals surface area contributed by atoms with Crippen molar-refractivity contribution >= 4 is 38.7 Å². The number of ether oxygens (including phenoxy) is 1. The zero-order chi connectivity index (χ0) is 31.2. The number of sulfonamides is 1. The number of hydrogen-bond acceptors (Lipinski definition) is 8. The van der Waals surface area contributed by atoms with Crippen LogP contribution in [0.2, 0.25) is 0 Å². The topological polar surface area (TPSA) is 117 Å². The maximum atomic E-state index is 15.1. The molecule has 228 valence electrons. The Bertz CT molecular complexity index is 1990. The van der Waals surface area contributed by atoms with Gasteiger partial charge in [0.15, 0.2) is 5.69 Å². The summed E-state index contributed by atoms with van der Waals surface area (Å²) in [6.45, 7) is 3.89. The molecule has 0 saturated heterocycles. The van der Waals surface area contributed by atoms with Crippen LogP contribution in [0.25, 0.3) is 26.8 Å². The average Bonchev–Trinajstić information content (AvgIpc) is 3.31. The van der Waals surface area contributed by atoms with Crippen molar-refractivity contribution in [1.82, 2.24) is 14.8 Å². The summed E-state index contributed by atoms with van der Waals surface area (Å²) < 4.78 is 60.5. The van der Waals surface area contributed by atoms with Gasteiger partial charge >= 0.3 is 5.97 Å². The van der Waals surface area contributed by atoms with Crippen LogP contribution < -0.4 is 5.14 Å². The Morgan fingerprint density at radius 1 is 1.11 bits per heavy atom. The van der Waals surface area contributed by atoms with E-state index in [0.29, 0.717) is 39.9 Å². The van der Waals surface area contributed by atoms with Gasteiger partial charge in [0, 0.05) is 38.2 Å². The lowest BCUT2D eigenvalue weighted by Gasteiger charge is -2.10. The van der Waals surface area contributed by atoms with Crippen molar-refractivity contribution in [2.45, 2.75) is 44.4 Å². The summed E-state index contributed by atoms with van der Waals surface area (Å²) >= 11 is 2.73. The van der Waals surface area contributed by atoms with Gasteiger partial charge in [0.1, 0.15) is 16.5 Å². The summed E-state index contributed by atoms with van der Waals surface area (Å²) in [4.78, 5) is 18.2. The van der Waals surface area contributed by atoms with Crippen LogP contribution in [0.4, 0.5) is 8.78 Å². The number of benzene rings is 2. The number of primary sulfonamides is 1. The number of hydrogen-bond donors (Lipinski definition) is 1. The molecule has 44 heavy (non-hydrogen) atoms. The van der Waals surface area contributed by atoms with Crippen LogP contribution >= 0.6 is 22.7 Å². The van der Waals surface area contributed by atoms with Gasteiger partial charge in [-0.15, -0.1) is 22.7 Å². The minimum absolute atomic E-state index is 0.167. The first-order valence-electron chi connectivity index (χ1n) is 13.9. The van der Waals surface area contributed by atoms with E-state index >= 15 is 4.39 Å². The molecule has 1 saturated carbocycles. The number of nitrogens with two attached hydrogens (primary N) is 1. The van der Waals surface area contributed by atoms with E-state index in [0.717, 1.165) is 46.0 Å². The monoisotopic (exact) mass is 654 g/mol. The molecule has 3 aromatic heterocycles. The molecule has 1 aliphatic rings. The second kappa shape index (κ2) is 12.0. The molecule has 0 amide bonds. The molecule has 0 atom stereocenters. The highest BCUT2D eigenvalue weighted by Gasteiger charge is 2.30. The summed E-state index contributed by atoms with van der Waals surface area (Å²) in [5, 5.41) is 12.2. The summed E-state index contributed by atoms with van der Waals surface area (Å²) in [7, 11) is -4.24. The van der Waals surface area contributed by atoms with Crippen molar-refractivity contribution in [3.63, 3.8) is 0 Å². The Kier molecular flexibility index (Phi) is 8.22. The molecule has 1 aliphatic carbocycles. The number of aryl methyl sites for hydroxylation is 1. The molecule has 0 aliphatic heterocycles. The van der Waals surface area contributed by atoms with Gasteiger partial charge < -0.3 is 4.74 Å². The molecule has 13 heteroatoms. The minimum Gasteiger partial charge on any atom is -0.461 e. The predicted molar refractivity (Wildman–Crippen MR) is 166 cm³/mol. The highest BCUT2D eigenvalue weighted by molar-refractivity contribution is 7.89. The summed E-state index contributed by atoms with van der Waals surface area (Å²) in [6.07, 6.45) is 2.96. The van der Waals surface area contributed by atoms with Crippen LogP contribution in [-0.2, 0) is 27.6 Å². The number of thiophene rings is 1. The van der Waals surface area contributed by atoms with Gasteiger partial charge in [0.2, 0.25) is 15.2 Å². The molecule has 0 unspecified atom stereocenters. The number of halogens is 2. The molecule has 8 nitrogen and oxygen atoms in total. The molecule has 0 bridgehead atoms. The molecular weight excluding hydrogens is 627 g/mol. The van der Waals surface area contributed by atoms with Crippen molar-refractivity contribution in [1.29, 1.82) is 0 Å². The fourth-order valence-corrected chi connectivity index (χ4v) is 7.30. The fraction of sp³-hybridized carbons (Fsp3) is 0.258. The summed E-state index contributed by atoms with van der Waals surface area (Å²) in [5.74, 6) is -1.43. The fourth-order valence-electron chi connectivity index (χ4n) is 5.06. The van der Waals surface area contributed by atoms with Gasteiger partial charge in [0.05, 0.1) is 18.0 Å². The second-order valence-electron chi connectivity index (χ2n) is 10.7. The Balaban J connectivity index is 1.53. The molecular formula is C31H28F2N4O4S3. The molecule has 2 N–H and O–H groups in total. The molecule has 0 spiro atoms. The van der Waals surface area contributed by atoms with Crippen LogP contribution in [0.15, 0.2) is 58.8 Å². The SMILES string of the molecule is CCOC(=O)c1csc(-n2nc(-c3ccc(F)c(-c4ccc(C)s4)c3)c(Cc3ccc(S(N)(=O)=O)c(F)c3)c2CC2CC2)n1. The van der Waals surface area contributed by atoms with Crippen molar-refractivity contribution in [2.75, 3.05) is 6.61 Å². The first-order valence-corrected chi connectivity index (χ1v) is 17.2. The molecule has 6 rings (SSSR count). The number of carbonyl (C=O) groups is 1. The van der Waals surface area contributed by atoms with Gasteiger partial charge in [-0.3, -0.25) is 0 Å². The zero-order valence-corrected chi connectivity index (χ0v) is 26.3. The molecule has 2 aromatic carbocycles. The van der Waals surface area contributed by atoms with Crippen molar-refractivity contribution in [3.05, 3.63) is 92.9 Å². The Morgan fingerprint density at radius 3 is 2.57 bits per heavy atom. The van der Waals surface area contributed by atoms with E-state index < -0.39 is 26.7 Å². The van der Waals surface area contributed by atoms with Crippen molar-refractivity contribution in [2.24, 2.45) is 11.1 Å². The smallest absolute Gasteiger partial charge is 0.357 e. The summed E-state index contributed by atoms with van der Waals surface area (Å²) in [5.41, 5.74) is 3.93. The predicted octanol–water partition coefficient (Wildman–Crippen LogP) is 6.68. The van der Waals surface area contributed by atoms with E-state index in [9.17, 15) is 17.6 Å². The highest BCUT2D eigenvalue weighted by Crippen LogP contribution is 2.40. The van der Waals surface area contributed by atoms with Crippen LogP contribution in [0.5, 0.6) is 0 Å². The van der Waals surface area contributed by atoms with Crippen molar-refractivity contribution < 1.29 is 26.7 Å². The first kappa shape index (κ1) is 30.3. The normalized spacial score (nSPS) is 13.4. The van der Waals surface area contributed by atoms with E-state index in [1.165, 1.54) is 34.8 Å². The van der Waals surface area contributed by atoms with Crippen LogP contribution in [-0.4, -0.2) is 35.8 Å². The third kappa shape index (κ3) is 6.23. The van der Waals surface area contributed by atoms with Crippen LogP contribution in [0.3, 0.4) is 0 Å². The second-order valence-corrected chi connectivity index (χ2v) is 14.3. The van der Waals surface area contributed by atoms with Crippen molar-refractivity contribution in [3.8, 4) is 26.8 Å². The van der Waals surface area contributed by atoms with E-state index in [1.54, 1.807) is 29.1 Å². The van der Waals surface area contributed by atoms with E-state index in [2.05, 4.69) is 4.98 Å². The third-order valence-electron chi connectivity index (χ3n) is 7.36. The van der Waals surface area contributed by atoms with E-state index in [4.69, 9.17) is 15.0 Å². The minimum atomic E-state index is -4.24. The lowest BCUT2D eigenvalue weighted by molar-refractivity contribution is 0.0520. The molecule has 5 aromatic rings. The third-order valence-corrected chi connectivity index (χ3v) is 10.2. The quantitative estimate of drug-likeness (QED) is 0.168. The standard InChI is InChI=1S/C31H28F2N4O4S3/c1-3-41-30(38)25-16-42-31(35-25)37-26(14-18-5-6-18)22(12-19-7-11-28(24(33)13-19)44(34,39)40)29(36-37)20-8-9-23(32)21(15-20)27-10-4-17(2)43-27/h4,7-11,13,15-16,18H,3,5-6,12,14H2,1-2H3,(H2,34,39,40). The Labute approximate surface area is 261 Å². The number of nitrogens with zero attached hydrogens (tertiary/aromatic N) is 3. The number of esters is 1. The first-order chi connectivity index (χ1) is 21.0. The molecule has 1 fully saturated rings. The number of thiazole rings is 1. The van der Waals surface area contributed by atoms with Crippen LogP contribution in [0, 0.1) is 24.5 Å². The van der Waals surface area contributed by atoms with E-state index in [-0.39, 0.29) is 24.5 Å². The Morgan fingerprint density at radius 2 is 1.91 bits per heavy atom. The Hall–Kier alpha value is -3.78. The number of rotatable bonds is 10. The maximum Gasteiger partial charge on any atom is 0.357 e. The largest absolute Gasteiger partial charge is 0.461 e. The lowest BCUT2D eigenvalue weighted by atomic mass is 9.96. The number of carbonyl (C=O) groups excluding carboxylic acids is 1. The summed E-state index contributed by atoms with van der Waals surface area (Å²) in [6, 6.07) is 12.5. The highest BCUT2D eigenvalue weighted by atomic mass is 32.2. The van der Waals surface area contributed by atoms with Gasteiger partial charge in [0.25, 0.3) is 0 Å². The van der Waals surface area contributed by atoms with Gasteiger partial charge in [-0.1, -0.05) is 6.07 Å². The number of aromatic nitrogens is 3. The van der Waals surface area contributed by atoms with Gasteiger partial charge in [-0.2, -0.15) is 5.10 Å². The molecule has 3 heterocycles. The van der Waals surface area contributed by atoms with E-state index in [1.807, 2.05) is 19.1 Å². The molecule has 0 radical (unpaired) electrons. The lowest BCUT2D eigenvalue weighted by Crippen LogP contribution is -2.14. The van der Waals surface area contributed by atoms with Gasteiger partial charge in [-0.25, -0.2) is 36.8 Å².